The van der Waals surface area contributed by atoms with Crippen LogP contribution in [0.4, 0.5) is 4.79 Å². The molecular formula is C20H29NO6. The van der Waals surface area contributed by atoms with Crippen molar-refractivity contribution in [2.24, 2.45) is 0 Å². The lowest BCUT2D eigenvalue weighted by Gasteiger charge is -2.31. The normalized spacial score (nSPS) is 11.4. The van der Waals surface area contributed by atoms with Crippen LogP contribution in [0, 0.1) is 0 Å². The number of ether oxygens (including phenoxy) is 3. The summed E-state index contributed by atoms with van der Waals surface area (Å²) in [6.45, 7) is 8.42. The van der Waals surface area contributed by atoms with E-state index < -0.39 is 29.2 Å². The maximum absolute atomic E-state index is 12.7. The van der Waals surface area contributed by atoms with Crippen LogP contribution in [0.2, 0.25) is 0 Å². The van der Waals surface area contributed by atoms with E-state index in [2.05, 4.69) is 5.32 Å². The van der Waals surface area contributed by atoms with Gasteiger partial charge >= 0.3 is 18.0 Å². The monoisotopic (exact) mass is 379 g/mol. The van der Waals surface area contributed by atoms with Gasteiger partial charge in [-0.25, -0.2) is 14.4 Å². The molecule has 0 saturated heterocycles. The molecule has 0 heterocycles. The summed E-state index contributed by atoms with van der Waals surface area (Å²) in [6.07, 6.45) is -0.556. The van der Waals surface area contributed by atoms with Crippen LogP contribution in [-0.4, -0.2) is 42.4 Å². The Bertz CT molecular complexity index is 618. The molecule has 0 bridgehead atoms. The number of hydrogen-bond donors (Lipinski definition) is 1. The van der Waals surface area contributed by atoms with Gasteiger partial charge in [-0.2, -0.15) is 0 Å². The summed E-state index contributed by atoms with van der Waals surface area (Å²) in [5.41, 5.74) is -1.87. The van der Waals surface area contributed by atoms with E-state index >= 15 is 0 Å². The number of hydrogen-bond acceptors (Lipinski definition) is 6. The van der Waals surface area contributed by atoms with Crippen molar-refractivity contribution in [2.75, 3.05) is 13.2 Å². The number of rotatable bonds is 8. The van der Waals surface area contributed by atoms with Crippen molar-refractivity contribution in [3.8, 4) is 0 Å². The molecule has 0 aliphatic heterocycles. The molecule has 1 aromatic rings. The number of amides is 1. The quantitative estimate of drug-likeness (QED) is 0.424. The molecule has 0 atom stereocenters. The first kappa shape index (κ1) is 22.5. The molecule has 150 valence electrons. The number of carbonyl (C=O) groups excluding carboxylic acids is 3. The van der Waals surface area contributed by atoms with Gasteiger partial charge in [0.1, 0.15) is 5.60 Å². The van der Waals surface area contributed by atoms with Gasteiger partial charge in [0.05, 0.1) is 13.2 Å². The third-order valence-electron chi connectivity index (χ3n) is 3.59. The van der Waals surface area contributed by atoms with E-state index in [0.717, 1.165) is 5.56 Å². The summed E-state index contributed by atoms with van der Waals surface area (Å²) < 4.78 is 15.4. The number of carbonyl (C=O) groups is 3. The number of esters is 2. The summed E-state index contributed by atoms with van der Waals surface area (Å²) in [7, 11) is 0. The molecular weight excluding hydrogens is 350 g/mol. The van der Waals surface area contributed by atoms with E-state index in [1.165, 1.54) is 0 Å². The maximum Gasteiger partial charge on any atom is 0.409 e. The molecule has 7 heteroatoms. The third kappa shape index (κ3) is 6.92. The molecule has 0 unspecified atom stereocenters. The Kier molecular flexibility index (Phi) is 8.28. The average molecular weight is 379 g/mol. The van der Waals surface area contributed by atoms with Gasteiger partial charge in [0.2, 0.25) is 5.54 Å². The molecule has 1 amide bonds. The molecule has 0 aromatic heterocycles. The van der Waals surface area contributed by atoms with Crippen molar-refractivity contribution < 1.29 is 28.6 Å². The van der Waals surface area contributed by atoms with Gasteiger partial charge in [0.25, 0.3) is 0 Å². The zero-order chi connectivity index (χ0) is 20.5. The minimum absolute atomic E-state index is 0.0199. The van der Waals surface area contributed by atoms with Gasteiger partial charge in [-0.1, -0.05) is 30.3 Å². The Balaban J connectivity index is 3.19. The van der Waals surface area contributed by atoms with Crippen LogP contribution >= 0.6 is 0 Å². The van der Waals surface area contributed by atoms with Gasteiger partial charge in [-0.15, -0.1) is 0 Å². The highest BCUT2D eigenvalue weighted by atomic mass is 16.6. The van der Waals surface area contributed by atoms with E-state index in [0.29, 0.717) is 6.42 Å². The molecule has 7 nitrogen and oxygen atoms in total. The van der Waals surface area contributed by atoms with Crippen LogP contribution < -0.4 is 5.32 Å². The second-order valence-electron chi connectivity index (χ2n) is 6.96. The highest BCUT2D eigenvalue weighted by Gasteiger charge is 2.50. The standard InChI is InChI=1S/C20H29NO6/c1-6-25-16(22)20(17(23)26-7-2,21-18(24)27-19(3,4)5)14-13-15-11-9-8-10-12-15/h8-12H,6-7,13-14H2,1-5H3,(H,21,24). The van der Waals surface area contributed by atoms with Gasteiger partial charge in [0, 0.05) is 0 Å². The first-order chi connectivity index (χ1) is 12.6. The van der Waals surface area contributed by atoms with E-state index in [4.69, 9.17) is 14.2 Å². The van der Waals surface area contributed by atoms with Crippen molar-refractivity contribution >= 4 is 18.0 Å². The average Bonchev–Trinajstić information content (AvgIpc) is 2.58. The molecule has 0 fully saturated rings. The Labute approximate surface area is 160 Å². The Morgan fingerprint density at radius 2 is 1.44 bits per heavy atom. The fourth-order valence-electron chi connectivity index (χ4n) is 2.41. The molecule has 1 rings (SSSR count). The smallest absolute Gasteiger partial charge is 0.409 e. The third-order valence-corrected chi connectivity index (χ3v) is 3.59. The van der Waals surface area contributed by atoms with Gasteiger partial charge < -0.3 is 14.2 Å². The largest absolute Gasteiger partial charge is 0.464 e. The molecule has 1 aromatic carbocycles. The van der Waals surface area contributed by atoms with E-state index in [1.54, 1.807) is 34.6 Å². The van der Waals surface area contributed by atoms with Crippen LogP contribution in [0.3, 0.4) is 0 Å². The van der Waals surface area contributed by atoms with Gasteiger partial charge in [0.15, 0.2) is 0 Å². The summed E-state index contributed by atoms with van der Waals surface area (Å²) in [5, 5.41) is 2.42. The maximum atomic E-state index is 12.7. The van der Waals surface area contributed by atoms with Crippen LogP contribution in [-0.2, 0) is 30.2 Å². The predicted molar refractivity (Wildman–Crippen MR) is 100 cm³/mol. The highest BCUT2D eigenvalue weighted by Crippen LogP contribution is 2.21. The summed E-state index contributed by atoms with van der Waals surface area (Å²) in [6, 6.07) is 9.32. The summed E-state index contributed by atoms with van der Waals surface area (Å²) in [5.74, 6) is -1.74. The fraction of sp³-hybridized carbons (Fsp3) is 0.550. The zero-order valence-corrected chi connectivity index (χ0v) is 16.7. The van der Waals surface area contributed by atoms with Crippen molar-refractivity contribution in [1.82, 2.24) is 5.32 Å². The van der Waals surface area contributed by atoms with Crippen LogP contribution in [0.5, 0.6) is 0 Å². The second kappa shape index (κ2) is 9.94. The molecule has 0 radical (unpaired) electrons. The van der Waals surface area contributed by atoms with Crippen LogP contribution in [0.15, 0.2) is 30.3 Å². The van der Waals surface area contributed by atoms with E-state index in [9.17, 15) is 14.4 Å². The SMILES string of the molecule is CCOC(=O)C(CCc1ccccc1)(NC(=O)OC(C)(C)C)C(=O)OCC. The van der Waals surface area contributed by atoms with Crippen LogP contribution in [0.25, 0.3) is 0 Å². The summed E-state index contributed by atoms with van der Waals surface area (Å²) >= 11 is 0. The number of nitrogens with one attached hydrogen (secondary N) is 1. The van der Waals surface area contributed by atoms with Crippen LogP contribution in [0.1, 0.15) is 46.6 Å². The lowest BCUT2D eigenvalue weighted by atomic mass is 9.91. The van der Waals surface area contributed by atoms with Crippen molar-refractivity contribution in [2.45, 2.75) is 58.6 Å². The van der Waals surface area contributed by atoms with Gasteiger partial charge in [-0.3, -0.25) is 5.32 Å². The molecule has 0 aliphatic carbocycles. The number of benzene rings is 1. The number of alkyl carbamates (subject to hydrolysis) is 1. The Morgan fingerprint density at radius 1 is 0.926 bits per heavy atom. The van der Waals surface area contributed by atoms with Crippen molar-refractivity contribution in [3.05, 3.63) is 35.9 Å². The first-order valence-electron chi connectivity index (χ1n) is 9.04. The summed E-state index contributed by atoms with van der Waals surface area (Å²) in [4.78, 5) is 37.8. The van der Waals surface area contributed by atoms with Crippen molar-refractivity contribution in [3.63, 3.8) is 0 Å². The fourth-order valence-corrected chi connectivity index (χ4v) is 2.41. The zero-order valence-electron chi connectivity index (χ0n) is 16.7. The first-order valence-corrected chi connectivity index (χ1v) is 9.04. The van der Waals surface area contributed by atoms with Gasteiger partial charge in [-0.05, 0) is 53.0 Å². The molecule has 0 spiro atoms. The van der Waals surface area contributed by atoms with Crippen molar-refractivity contribution in [1.29, 1.82) is 0 Å². The lowest BCUT2D eigenvalue weighted by molar-refractivity contribution is -0.166. The minimum atomic E-state index is -1.98. The van der Waals surface area contributed by atoms with E-state index in [-0.39, 0.29) is 19.6 Å². The highest BCUT2D eigenvalue weighted by molar-refractivity contribution is 6.07. The second-order valence-corrected chi connectivity index (χ2v) is 6.96. The molecule has 1 N–H and O–H groups in total. The number of aryl methyl sites for hydroxylation is 1. The molecule has 0 saturated carbocycles. The minimum Gasteiger partial charge on any atom is -0.464 e. The lowest BCUT2D eigenvalue weighted by Crippen LogP contribution is -2.62. The predicted octanol–water partition coefficient (Wildman–Crippen LogP) is 3.01. The molecule has 0 aliphatic rings. The Morgan fingerprint density at radius 3 is 1.89 bits per heavy atom. The molecule has 27 heavy (non-hydrogen) atoms. The van der Waals surface area contributed by atoms with E-state index in [1.807, 2.05) is 30.3 Å². The topological polar surface area (TPSA) is 90.9 Å². The Hall–Kier alpha value is -2.57.